The van der Waals surface area contributed by atoms with E-state index in [4.69, 9.17) is 28.3 Å². The third kappa shape index (κ3) is 5.08. The van der Waals surface area contributed by atoms with Crippen LogP contribution < -0.4 is 0 Å². The predicted octanol–water partition coefficient (Wildman–Crippen LogP) is 7.63. The first kappa shape index (κ1) is 20.7. The summed E-state index contributed by atoms with van der Waals surface area (Å²) in [6.45, 7) is 2.61. The van der Waals surface area contributed by atoms with Crippen LogP contribution in [0.1, 0.15) is 69.8 Å². The highest BCUT2D eigenvalue weighted by atomic mass is 35.5. The fourth-order valence-electron chi connectivity index (χ4n) is 4.51. The molecule has 0 aliphatic heterocycles. The van der Waals surface area contributed by atoms with Gasteiger partial charge in [0.2, 0.25) is 0 Å². The molecule has 1 nitrogen and oxygen atoms in total. The van der Waals surface area contributed by atoms with Gasteiger partial charge in [-0.1, -0.05) is 66.4 Å². The summed E-state index contributed by atoms with van der Waals surface area (Å²) in [6, 6.07) is 6.13. The normalized spacial score (nSPS) is 22.4. The maximum atomic E-state index is 8.99. The van der Waals surface area contributed by atoms with Crippen LogP contribution >= 0.6 is 23.2 Å². The van der Waals surface area contributed by atoms with Crippen LogP contribution in [0, 0.1) is 5.92 Å². The SMILES string of the molecule is CC[C@H]1CC[C@@H](c2ccc(Cl)c(Cl)c2)C2=C1C=C(CCCCCO)C=CC2. The Kier molecular flexibility index (Phi) is 7.64. The minimum Gasteiger partial charge on any atom is -0.396 e. The van der Waals surface area contributed by atoms with Gasteiger partial charge in [-0.2, -0.15) is 0 Å². The lowest BCUT2D eigenvalue weighted by Gasteiger charge is -2.33. The number of benzene rings is 1. The number of unbranched alkanes of at least 4 members (excludes halogenated alkanes) is 2. The van der Waals surface area contributed by atoms with Crippen molar-refractivity contribution in [3.63, 3.8) is 0 Å². The van der Waals surface area contributed by atoms with E-state index in [9.17, 15) is 0 Å². The number of rotatable bonds is 7. The molecule has 0 amide bonds. The highest BCUT2D eigenvalue weighted by Crippen LogP contribution is 2.46. The van der Waals surface area contributed by atoms with E-state index in [0.717, 1.165) is 32.1 Å². The molecule has 2 atom stereocenters. The molecule has 1 N–H and O–H groups in total. The Hall–Kier alpha value is -1.02. The third-order valence-electron chi connectivity index (χ3n) is 6.01. The van der Waals surface area contributed by atoms with E-state index >= 15 is 0 Å². The second-order valence-electron chi connectivity index (χ2n) is 7.75. The molecular formula is C24H30Cl2O. The molecule has 27 heavy (non-hydrogen) atoms. The van der Waals surface area contributed by atoms with Gasteiger partial charge >= 0.3 is 0 Å². The van der Waals surface area contributed by atoms with Crippen LogP contribution in [0.15, 0.2) is 53.1 Å². The molecule has 3 rings (SSSR count). The summed E-state index contributed by atoms with van der Waals surface area (Å²) in [4.78, 5) is 0. The lowest BCUT2D eigenvalue weighted by Crippen LogP contribution is -2.17. The summed E-state index contributed by atoms with van der Waals surface area (Å²) in [5, 5.41) is 10.3. The van der Waals surface area contributed by atoms with E-state index in [-0.39, 0.29) is 0 Å². The van der Waals surface area contributed by atoms with Gasteiger partial charge in [-0.15, -0.1) is 0 Å². The van der Waals surface area contributed by atoms with Gasteiger partial charge in [0.1, 0.15) is 0 Å². The molecular weight excluding hydrogens is 375 g/mol. The van der Waals surface area contributed by atoms with Crippen molar-refractivity contribution in [3.05, 3.63) is 68.8 Å². The minimum absolute atomic E-state index is 0.299. The molecule has 3 heteroatoms. The standard InChI is InChI=1S/C24H30Cl2O/c1-2-18-10-12-20(19-11-13-23(25)24(26)16-19)21-9-6-8-17(15-22(18)21)7-4-3-5-14-27/h6,8,11,13,15-16,18,20,27H,2-5,7,9-10,12,14H2,1H3/t18-,20-/m0/s1. The lowest BCUT2D eigenvalue weighted by molar-refractivity contribution is 0.283. The summed E-state index contributed by atoms with van der Waals surface area (Å²) < 4.78 is 0. The molecule has 0 saturated carbocycles. The largest absolute Gasteiger partial charge is 0.396 e. The van der Waals surface area contributed by atoms with Crippen molar-refractivity contribution >= 4 is 23.2 Å². The second kappa shape index (κ2) is 9.96. The van der Waals surface area contributed by atoms with E-state index in [2.05, 4.69) is 37.3 Å². The van der Waals surface area contributed by atoms with Crippen LogP contribution in [0.3, 0.4) is 0 Å². The van der Waals surface area contributed by atoms with Crippen LogP contribution in [0.5, 0.6) is 0 Å². The zero-order chi connectivity index (χ0) is 19.2. The zero-order valence-electron chi connectivity index (χ0n) is 16.2. The Morgan fingerprint density at radius 3 is 2.67 bits per heavy atom. The first-order valence-corrected chi connectivity index (χ1v) is 11.1. The molecule has 146 valence electrons. The fourth-order valence-corrected chi connectivity index (χ4v) is 4.82. The molecule has 0 bridgehead atoms. The maximum absolute atomic E-state index is 8.99. The Balaban J connectivity index is 1.90. The molecule has 0 aromatic heterocycles. The van der Waals surface area contributed by atoms with E-state index < -0.39 is 0 Å². The molecule has 0 fully saturated rings. The summed E-state index contributed by atoms with van der Waals surface area (Å²) >= 11 is 12.4. The van der Waals surface area contributed by atoms with Crippen molar-refractivity contribution in [2.75, 3.05) is 6.61 Å². The van der Waals surface area contributed by atoms with Crippen LogP contribution in [0.2, 0.25) is 10.0 Å². The molecule has 0 spiro atoms. The van der Waals surface area contributed by atoms with Crippen molar-refractivity contribution in [1.82, 2.24) is 0 Å². The smallest absolute Gasteiger partial charge is 0.0595 e. The quantitative estimate of drug-likeness (QED) is 0.462. The maximum Gasteiger partial charge on any atom is 0.0595 e. The summed E-state index contributed by atoms with van der Waals surface area (Å²) in [7, 11) is 0. The highest BCUT2D eigenvalue weighted by molar-refractivity contribution is 6.42. The van der Waals surface area contributed by atoms with Gasteiger partial charge in [-0.25, -0.2) is 0 Å². The molecule has 1 aromatic rings. The number of hydrogen-bond acceptors (Lipinski definition) is 1. The predicted molar refractivity (Wildman–Crippen MR) is 117 cm³/mol. The molecule has 0 saturated heterocycles. The van der Waals surface area contributed by atoms with E-state index in [1.54, 1.807) is 11.1 Å². The van der Waals surface area contributed by atoms with Gasteiger partial charge in [0, 0.05) is 12.5 Å². The molecule has 2 aliphatic carbocycles. The second-order valence-corrected chi connectivity index (χ2v) is 8.56. The van der Waals surface area contributed by atoms with Gasteiger partial charge in [0.05, 0.1) is 10.0 Å². The van der Waals surface area contributed by atoms with Gasteiger partial charge in [0.25, 0.3) is 0 Å². The number of halogens is 2. The number of aliphatic hydroxyl groups is 1. The van der Waals surface area contributed by atoms with E-state index in [0.29, 0.717) is 28.5 Å². The average molecular weight is 405 g/mol. The lowest BCUT2D eigenvalue weighted by atomic mass is 9.72. The first-order valence-electron chi connectivity index (χ1n) is 10.3. The number of hydrogen-bond donors (Lipinski definition) is 1. The molecule has 1 aromatic carbocycles. The Morgan fingerprint density at radius 1 is 1.07 bits per heavy atom. The highest BCUT2D eigenvalue weighted by Gasteiger charge is 2.29. The Morgan fingerprint density at radius 2 is 1.93 bits per heavy atom. The topological polar surface area (TPSA) is 20.2 Å². The number of allylic oxidation sites excluding steroid dienone is 6. The van der Waals surface area contributed by atoms with Crippen LogP contribution in [0.4, 0.5) is 0 Å². The van der Waals surface area contributed by atoms with Crippen molar-refractivity contribution < 1.29 is 5.11 Å². The molecule has 0 unspecified atom stereocenters. The molecule has 2 aliphatic rings. The zero-order valence-corrected chi connectivity index (χ0v) is 17.7. The summed E-state index contributed by atoms with van der Waals surface area (Å²) in [6.07, 6.45) is 16.0. The van der Waals surface area contributed by atoms with E-state index in [1.807, 2.05) is 6.07 Å². The third-order valence-corrected chi connectivity index (χ3v) is 6.75. The Bertz CT molecular complexity index is 745. The van der Waals surface area contributed by atoms with Crippen LogP contribution in [-0.2, 0) is 0 Å². The van der Waals surface area contributed by atoms with Gasteiger partial charge < -0.3 is 5.11 Å². The Labute approximate surface area is 173 Å². The fraction of sp³-hybridized carbons (Fsp3) is 0.500. The van der Waals surface area contributed by atoms with Crippen LogP contribution in [0.25, 0.3) is 0 Å². The van der Waals surface area contributed by atoms with Crippen molar-refractivity contribution in [3.8, 4) is 0 Å². The van der Waals surface area contributed by atoms with Gasteiger partial charge in [0.15, 0.2) is 0 Å². The van der Waals surface area contributed by atoms with Gasteiger partial charge in [-0.05, 0) is 79.7 Å². The first-order chi connectivity index (χ1) is 13.1. The monoisotopic (exact) mass is 404 g/mol. The van der Waals surface area contributed by atoms with Crippen LogP contribution in [-0.4, -0.2) is 11.7 Å². The molecule has 0 heterocycles. The molecule has 0 radical (unpaired) electrons. The van der Waals surface area contributed by atoms with Crippen molar-refractivity contribution in [2.24, 2.45) is 5.92 Å². The average Bonchev–Trinajstić information content (AvgIpc) is 2.89. The van der Waals surface area contributed by atoms with E-state index in [1.165, 1.54) is 30.4 Å². The summed E-state index contributed by atoms with van der Waals surface area (Å²) in [5.41, 5.74) is 5.85. The van der Waals surface area contributed by atoms with Crippen molar-refractivity contribution in [2.45, 2.75) is 64.2 Å². The minimum atomic E-state index is 0.299. The number of aliphatic hydroxyl groups excluding tert-OH is 1. The van der Waals surface area contributed by atoms with Gasteiger partial charge in [-0.3, -0.25) is 0 Å². The van der Waals surface area contributed by atoms with Crippen molar-refractivity contribution in [1.29, 1.82) is 0 Å². The summed E-state index contributed by atoms with van der Waals surface area (Å²) in [5.74, 6) is 1.10.